The summed E-state index contributed by atoms with van der Waals surface area (Å²) in [5, 5.41) is 0. The predicted molar refractivity (Wildman–Crippen MR) is 88.1 cm³/mol. The summed E-state index contributed by atoms with van der Waals surface area (Å²) in [5.74, 6) is -2.45. The van der Waals surface area contributed by atoms with Gasteiger partial charge in [0.1, 0.15) is 6.10 Å². The molecular formula is C19H26O6. The van der Waals surface area contributed by atoms with Crippen molar-refractivity contribution in [1.82, 2.24) is 0 Å². The Kier molecular flexibility index (Phi) is 4.20. The molecule has 2 aliphatic carbocycles. The van der Waals surface area contributed by atoms with Gasteiger partial charge in [-0.05, 0) is 25.2 Å². The van der Waals surface area contributed by atoms with Gasteiger partial charge in [0.2, 0.25) is 0 Å². The second-order valence-electron chi connectivity index (χ2n) is 7.86. The first-order valence-corrected chi connectivity index (χ1v) is 8.93. The largest absolute Gasteiger partial charge is 0.457 e. The fourth-order valence-electron chi connectivity index (χ4n) is 5.05. The van der Waals surface area contributed by atoms with E-state index < -0.39 is 29.8 Å². The smallest absolute Gasteiger partial charge is 0.337 e. The zero-order valence-electron chi connectivity index (χ0n) is 15.5. The molecule has 0 aromatic heterocycles. The van der Waals surface area contributed by atoms with Crippen molar-refractivity contribution >= 4 is 17.9 Å². The van der Waals surface area contributed by atoms with Crippen LogP contribution in [0.4, 0.5) is 0 Å². The predicted octanol–water partition coefficient (Wildman–Crippen LogP) is 2.90. The van der Waals surface area contributed by atoms with E-state index in [9.17, 15) is 14.4 Å². The van der Waals surface area contributed by atoms with E-state index in [-0.39, 0.29) is 11.3 Å². The van der Waals surface area contributed by atoms with Crippen molar-refractivity contribution < 1.29 is 28.6 Å². The molecule has 0 spiro atoms. The van der Waals surface area contributed by atoms with Gasteiger partial charge in [-0.1, -0.05) is 26.7 Å². The molecule has 0 unspecified atom stereocenters. The van der Waals surface area contributed by atoms with E-state index >= 15 is 0 Å². The lowest BCUT2D eigenvalue weighted by Crippen LogP contribution is -2.60. The number of carbonyl (C=O) groups excluding carboxylic acids is 3. The van der Waals surface area contributed by atoms with Crippen LogP contribution in [0, 0.1) is 17.3 Å². The molecular weight excluding hydrogens is 324 g/mol. The summed E-state index contributed by atoms with van der Waals surface area (Å²) in [6.07, 6.45) is 2.79. The van der Waals surface area contributed by atoms with Crippen molar-refractivity contribution in [2.24, 2.45) is 17.3 Å². The van der Waals surface area contributed by atoms with E-state index in [1.54, 1.807) is 6.92 Å². The summed E-state index contributed by atoms with van der Waals surface area (Å²) in [4.78, 5) is 36.0. The van der Waals surface area contributed by atoms with Gasteiger partial charge in [0.15, 0.2) is 0 Å². The van der Waals surface area contributed by atoms with Gasteiger partial charge in [0.25, 0.3) is 5.79 Å². The van der Waals surface area contributed by atoms with E-state index in [4.69, 9.17) is 14.2 Å². The molecule has 0 saturated heterocycles. The van der Waals surface area contributed by atoms with Gasteiger partial charge in [-0.25, -0.2) is 4.79 Å². The number of ether oxygens (including phenoxy) is 3. The Morgan fingerprint density at radius 2 is 1.88 bits per heavy atom. The van der Waals surface area contributed by atoms with Crippen molar-refractivity contribution in [1.29, 1.82) is 0 Å². The van der Waals surface area contributed by atoms with Crippen LogP contribution >= 0.6 is 0 Å². The Balaban J connectivity index is 2.18. The minimum absolute atomic E-state index is 0.127. The van der Waals surface area contributed by atoms with E-state index in [2.05, 4.69) is 13.8 Å². The minimum atomic E-state index is -1.44. The molecule has 3 aliphatic rings. The van der Waals surface area contributed by atoms with Crippen LogP contribution in [0.5, 0.6) is 0 Å². The highest BCUT2D eigenvalue weighted by Crippen LogP contribution is 2.61. The summed E-state index contributed by atoms with van der Waals surface area (Å²) < 4.78 is 16.9. The Hall–Kier alpha value is -1.85. The monoisotopic (exact) mass is 350 g/mol. The van der Waals surface area contributed by atoms with Crippen LogP contribution in [0.3, 0.4) is 0 Å². The third-order valence-electron chi connectivity index (χ3n) is 6.44. The molecule has 6 nitrogen and oxygen atoms in total. The Morgan fingerprint density at radius 1 is 1.20 bits per heavy atom. The van der Waals surface area contributed by atoms with Crippen LogP contribution in [0.1, 0.15) is 60.3 Å². The minimum Gasteiger partial charge on any atom is -0.457 e. The zero-order valence-corrected chi connectivity index (χ0v) is 15.5. The lowest BCUT2D eigenvalue weighted by molar-refractivity contribution is -0.239. The maximum absolute atomic E-state index is 12.3. The molecule has 25 heavy (non-hydrogen) atoms. The van der Waals surface area contributed by atoms with Gasteiger partial charge in [0.05, 0.1) is 5.57 Å². The average molecular weight is 350 g/mol. The highest BCUT2D eigenvalue weighted by atomic mass is 16.7. The fourth-order valence-corrected chi connectivity index (χ4v) is 5.05. The van der Waals surface area contributed by atoms with Gasteiger partial charge < -0.3 is 14.2 Å². The Bertz CT molecular complexity index is 665. The highest BCUT2D eigenvalue weighted by molar-refractivity contribution is 5.93. The number of carbonyl (C=O) groups is 3. The third-order valence-corrected chi connectivity index (χ3v) is 6.44. The first kappa shape index (κ1) is 18.0. The van der Waals surface area contributed by atoms with Crippen molar-refractivity contribution in [3.05, 3.63) is 11.1 Å². The number of rotatable bonds is 2. The van der Waals surface area contributed by atoms with Crippen LogP contribution in [0.25, 0.3) is 0 Å². The molecule has 0 aromatic carbocycles. The molecule has 0 N–H and O–H groups in total. The zero-order chi connectivity index (χ0) is 18.6. The summed E-state index contributed by atoms with van der Waals surface area (Å²) in [5.41, 5.74) is 0.568. The second-order valence-corrected chi connectivity index (χ2v) is 7.86. The highest BCUT2D eigenvalue weighted by Gasteiger charge is 2.66. The van der Waals surface area contributed by atoms with Crippen LogP contribution < -0.4 is 0 Å². The SMILES string of the molecule is CC(=O)O[C@@H]1C2=C(C)C(=O)O[C@@]2(OC(C)=O)C[C@H]2CCC[C@H](C)[C@]21C. The molecule has 5 atom stereocenters. The van der Waals surface area contributed by atoms with Crippen molar-refractivity contribution in [3.8, 4) is 0 Å². The molecule has 0 aromatic rings. The molecule has 2 saturated carbocycles. The summed E-state index contributed by atoms with van der Waals surface area (Å²) in [7, 11) is 0. The first-order chi connectivity index (χ1) is 11.6. The Morgan fingerprint density at radius 3 is 2.48 bits per heavy atom. The molecule has 6 heteroatoms. The lowest BCUT2D eigenvalue weighted by atomic mass is 9.52. The molecule has 138 valence electrons. The van der Waals surface area contributed by atoms with Crippen molar-refractivity contribution in [2.75, 3.05) is 0 Å². The molecule has 2 fully saturated rings. The van der Waals surface area contributed by atoms with Crippen LogP contribution in [0.15, 0.2) is 11.1 Å². The van der Waals surface area contributed by atoms with Crippen LogP contribution in [-0.2, 0) is 28.6 Å². The van der Waals surface area contributed by atoms with Gasteiger partial charge in [-0.2, -0.15) is 0 Å². The molecule has 0 amide bonds. The van der Waals surface area contributed by atoms with Gasteiger partial charge in [0, 0.05) is 31.3 Å². The van der Waals surface area contributed by atoms with Crippen molar-refractivity contribution in [3.63, 3.8) is 0 Å². The average Bonchev–Trinajstić information content (AvgIpc) is 2.72. The number of hydrogen-bond acceptors (Lipinski definition) is 6. The quantitative estimate of drug-likeness (QED) is 0.713. The Labute approximate surface area is 147 Å². The van der Waals surface area contributed by atoms with Gasteiger partial charge >= 0.3 is 17.9 Å². The van der Waals surface area contributed by atoms with Gasteiger partial charge in [-0.15, -0.1) is 0 Å². The molecule has 1 heterocycles. The normalized spacial score (nSPS) is 40.0. The van der Waals surface area contributed by atoms with Crippen molar-refractivity contribution in [2.45, 2.75) is 72.2 Å². The molecule has 1 aliphatic heterocycles. The number of fused-ring (bicyclic) bond motifs is 2. The number of esters is 3. The summed E-state index contributed by atoms with van der Waals surface area (Å²) in [6, 6.07) is 0. The van der Waals surface area contributed by atoms with E-state index in [0.29, 0.717) is 23.5 Å². The standard InChI is InChI=1S/C19H26O6/c1-10-7-6-8-14-9-19(24-13(4)21)15(11(2)17(22)25-19)16(18(10,14)5)23-12(3)20/h10,14,16H,6-9H2,1-5H3/t10-,14+,16+,18+,19-/m0/s1. The second kappa shape index (κ2) is 5.85. The van der Waals surface area contributed by atoms with E-state index in [1.165, 1.54) is 13.8 Å². The van der Waals surface area contributed by atoms with E-state index in [0.717, 1.165) is 19.3 Å². The summed E-state index contributed by atoms with van der Waals surface area (Å²) in [6.45, 7) is 8.59. The topological polar surface area (TPSA) is 78.9 Å². The van der Waals surface area contributed by atoms with Crippen LogP contribution in [-0.4, -0.2) is 29.8 Å². The molecule has 3 rings (SSSR count). The van der Waals surface area contributed by atoms with Crippen LogP contribution in [0.2, 0.25) is 0 Å². The maximum Gasteiger partial charge on any atom is 0.337 e. The lowest BCUT2D eigenvalue weighted by Gasteiger charge is -2.56. The molecule has 0 radical (unpaired) electrons. The van der Waals surface area contributed by atoms with Gasteiger partial charge in [-0.3, -0.25) is 9.59 Å². The first-order valence-electron chi connectivity index (χ1n) is 8.93. The van der Waals surface area contributed by atoms with E-state index in [1.807, 2.05) is 0 Å². The maximum atomic E-state index is 12.3. The third kappa shape index (κ3) is 2.57. The molecule has 0 bridgehead atoms. The summed E-state index contributed by atoms with van der Waals surface area (Å²) >= 11 is 0. The number of hydrogen-bond donors (Lipinski definition) is 0. The fraction of sp³-hybridized carbons (Fsp3) is 0.737.